The van der Waals surface area contributed by atoms with Gasteiger partial charge in [0.05, 0.1) is 19.3 Å². The van der Waals surface area contributed by atoms with Crippen molar-refractivity contribution in [3.63, 3.8) is 0 Å². The number of benzene rings is 1. The lowest BCUT2D eigenvalue weighted by Gasteiger charge is -2.40. The Kier molecular flexibility index (Phi) is 4.70. The molecule has 1 amide bonds. The average Bonchev–Trinajstić information content (AvgIpc) is 2.60. The molecule has 2 aliphatic heterocycles. The highest BCUT2D eigenvalue weighted by Crippen LogP contribution is 2.31. The Balaban J connectivity index is 1.68. The first-order valence-corrected chi connectivity index (χ1v) is 7.55. The van der Waals surface area contributed by atoms with E-state index in [2.05, 4.69) is 0 Å². The first-order valence-electron chi connectivity index (χ1n) is 7.55. The summed E-state index contributed by atoms with van der Waals surface area (Å²) in [6, 6.07) is 6.73. The second kappa shape index (κ2) is 6.74. The first-order chi connectivity index (χ1) is 11.1. The zero-order valence-corrected chi connectivity index (χ0v) is 13.2. The van der Waals surface area contributed by atoms with Crippen molar-refractivity contribution >= 4 is 5.91 Å². The van der Waals surface area contributed by atoms with Gasteiger partial charge in [0.1, 0.15) is 18.8 Å². The Bertz CT molecular complexity index is 565. The number of nitrogens with zero attached hydrogens (tertiary/aromatic N) is 1. The van der Waals surface area contributed by atoms with Gasteiger partial charge in [0, 0.05) is 14.2 Å². The molecule has 2 aliphatic rings. The Labute approximate surface area is 134 Å². The zero-order valence-electron chi connectivity index (χ0n) is 13.2. The Hall–Kier alpha value is -1.83. The molecule has 0 aliphatic carbocycles. The topological polar surface area (TPSA) is 77.5 Å². The van der Waals surface area contributed by atoms with Crippen LogP contribution in [0.25, 0.3) is 0 Å². The van der Waals surface area contributed by atoms with Gasteiger partial charge >= 0.3 is 0 Å². The van der Waals surface area contributed by atoms with Crippen molar-refractivity contribution in [3.8, 4) is 11.5 Å². The van der Waals surface area contributed by atoms with Crippen LogP contribution in [0.5, 0.6) is 11.5 Å². The molecule has 2 heterocycles. The monoisotopic (exact) mass is 323 g/mol. The van der Waals surface area contributed by atoms with Crippen LogP contribution in [0.3, 0.4) is 0 Å². The Morgan fingerprint density at radius 3 is 2.74 bits per heavy atom. The summed E-state index contributed by atoms with van der Waals surface area (Å²) in [5, 5.41) is 10.3. The fraction of sp³-hybridized carbons (Fsp3) is 0.562. The van der Waals surface area contributed by atoms with Crippen LogP contribution in [0, 0.1) is 0 Å². The van der Waals surface area contributed by atoms with E-state index in [1.165, 1.54) is 12.0 Å². The maximum atomic E-state index is 12.7. The van der Waals surface area contributed by atoms with Crippen LogP contribution >= 0.6 is 0 Å². The number of para-hydroxylation sites is 2. The highest BCUT2D eigenvalue weighted by atomic mass is 16.6. The number of amides is 1. The number of aliphatic hydroxyl groups is 1. The molecule has 7 nitrogen and oxygen atoms in total. The van der Waals surface area contributed by atoms with Gasteiger partial charge in [-0.3, -0.25) is 4.79 Å². The van der Waals surface area contributed by atoms with Gasteiger partial charge in [-0.25, -0.2) is 0 Å². The molecular weight excluding hydrogens is 302 g/mol. The number of hydrogen-bond donors (Lipinski definition) is 1. The van der Waals surface area contributed by atoms with E-state index in [-0.39, 0.29) is 19.1 Å². The van der Waals surface area contributed by atoms with Crippen molar-refractivity contribution in [3.05, 3.63) is 24.3 Å². The van der Waals surface area contributed by atoms with Crippen molar-refractivity contribution in [2.75, 3.05) is 34.0 Å². The highest BCUT2D eigenvalue weighted by molar-refractivity contribution is 5.82. The van der Waals surface area contributed by atoms with Crippen molar-refractivity contribution in [2.45, 2.75) is 24.4 Å². The molecule has 1 fully saturated rings. The molecule has 126 valence electrons. The number of methoxy groups -OCH3 is 1. The molecule has 0 bridgehead atoms. The summed E-state index contributed by atoms with van der Waals surface area (Å²) in [7, 11) is 3.14. The number of rotatable bonds is 3. The summed E-state index contributed by atoms with van der Waals surface area (Å²) in [6.45, 7) is 0.706. The molecule has 0 aromatic heterocycles. The van der Waals surface area contributed by atoms with Crippen LogP contribution in [0.1, 0.15) is 0 Å². The largest absolute Gasteiger partial charge is 0.485 e. The van der Waals surface area contributed by atoms with Crippen LogP contribution in [0.15, 0.2) is 24.3 Å². The van der Waals surface area contributed by atoms with Crippen LogP contribution in [0.4, 0.5) is 0 Å². The van der Waals surface area contributed by atoms with Gasteiger partial charge in [-0.15, -0.1) is 0 Å². The van der Waals surface area contributed by atoms with E-state index in [0.717, 1.165) is 0 Å². The van der Waals surface area contributed by atoms with Crippen molar-refractivity contribution in [2.24, 2.45) is 0 Å². The summed E-state index contributed by atoms with van der Waals surface area (Å²) in [6.07, 6.45) is -2.00. The molecule has 23 heavy (non-hydrogen) atoms. The van der Waals surface area contributed by atoms with Gasteiger partial charge in [0.25, 0.3) is 5.91 Å². The first kappa shape index (κ1) is 16.0. The van der Waals surface area contributed by atoms with Crippen molar-refractivity contribution in [1.82, 2.24) is 4.90 Å². The predicted molar refractivity (Wildman–Crippen MR) is 80.5 cm³/mol. The van der Waals surface area contributed by atoms with Crippen LogP contribution in [-0.2, 0) is 14.3 Å². The summed E-state index contributed by atoms with van der Waals surface area (Å²) >= 11 is 0. The molecular formula is C16H21NO6. The van der Waals surface area contributed by atoms with Gasteiger partial charge in [-0.2, -0.15) is 0 Å². The number of fused-ring (bicyclic) bond motifs is 1. The van der Waals surface area contributed by atoms with Gasteiger partial charge in [0.15, 0.2) is 11.5 Å². The molecule has 1 aromatic rings. The minimum Gasteiger partial charge on any atom is -0.485 e. The fourth-order valence-corrected chi connectivity index (χ4v) is 2.83. The standard InChI is InChI=1S/C16H21NO6/c1-17(10-7-21-8-13(20-2)15(10)18)16(19)14-9-22-11-5-3-4-6-12(11)23-14/h3-6,10,13-15,18H,7-9H2,1-2H3/t10-,13-,14?,15+/m1/s1. The molecule has 1 N–H and O–H groups in total. The van der Waals surface area contributed by atoms with Crippen LogP contribution < -0.4 is 9.47 Å². The zero-order chi connectivity index (χ0) is 16.4. The summed E-state index contributed by atoms with van der Waals surface area (Å²) < 4.78 is 21.9. The number of likely N-dealkylation sites (N-methyl/N-ethyl adjacent to an activating group) is 1. The maximum absolute atomic E-state index is 12.7. The van der Waals surface area contributed by atoms with Crippen molar-refractivity contribution < 1.29 is 28.8 Å². The van der Waals surface area contributed by atoms with E-state index in [1.807, 2.05) is 12.1 Å². The second-order valence-corrected chi connectivity index (χ2v) is 5.68. The minimum absolute atomic E-state index is 0.136. The molecule has 3 rings (SSSR count). The molecule has 0 saturated carbocycles. The fourth-order valence-electron chi connectivity index (χ4n) is 2.83. The van der Waals surface area contributed by atoms with E-state index >= 15 is 0 Å². The SMILES string of the molecule is CO[C@@H]1COC[C@@H](N(C)C(=O)C2COc3ccccc3O2)[C@@H]1O. The van der Waals surface area contributed by atoms with E-state index < -0.39 is 24.4 Å². The number of aliphatic hydroxyl groups excluding tert-OH is 1. The van der Waals surface area contributed by atoms with Gasteiger partial charge in [-0.1, -0.05) is 12.1 Å². The third-order valence-corrected chi connectivity index (χ3v) is 4.28. The third kappa shape index (κ3) is 3.12. The summed E-state index contributed by atoms with van der Waals surface area (Å²) in [5.74, 6) is 0.907. The molecule has 1 saturated heterocycles. The maximum Gasteiger partial charge on any atom is 0.267 e. The second-order valence-electron chi connectivity index (χ2n) is 5.68. The molecule has 4 atom stereocenters. The van der Waals surface area contributed by atoms with Gasteiger partial charge in [-0.05, 0) is 12.1 Å². The summed E-state index contributed by atoms with van der Waals surface area (Å²) in [4.78, 5) is 14.1. The summed E-state index contributed by atoms with van der Waals surface area (Å²) in [5.41, 5.74) is 0. The molecule has 1 unspecified atom stereocenters. The van der Waals surface area contributed by atoms with Crippen molar-refractivity contribution in [1.29, 1.82) is 0 Å². The quantitative estimate of drug-likeness (QED) is 0.848. The van der Waals surface area contributed by atoms with E-state index in [0.29, 0.717) is 18.1 Å². The lowest BCUT2D eigenvalue weighted by Crippen LogP contribution is -2.59. The highest BCUT2D eigenvalue weighted by Gasteiger charge is 2.40. The normalized spacial score (nSPS) is 29.9. The lowest BCUT2D eigenvalue weighted by atomic mass is 10.0. The minimum atomic E-state index is -0.806. The van der Waals surface area contributed by atoms with Gasteiger partial charge < -0.3 is 29.0 Å². The molecule has 0 spiro atoms. The van der Waals surface area contributed by atoms with Gasteiger partial charge in [0.2, 0.25) is 6.10 Å². The lowest BCUT2D eigenvalue weighted by molar-refractivity contribution is -0.164. The predicted octanol–water partition coefficient (Wildman–Crippen LogP) is 0.0595. The van der Waals surface area contributed by atoms with E-state index in [1.54, 1.807) is 19.2 Å². The van der Waals surface area contributed by atoms with Crippen LogP contribution in [0.2, 0.25) is 0 Å². The smallest absolute Gasteiger partial charge is 0.267 e. The van der Waals surface area contributed by atoms with Crippen LogP contribution in [-0.4, -0.2) is 74.2 Å². The number of carbonyl (C=O) groups excluding carboxylic acids is 1. The number of carbonyl (C=O) groups is 1. The average molecular weight is 323 g/mol. The molecule has 1 aromatic carbocycles. The molecule has 7 heteroatoms. The van der Waals surface area contributed by atoms with E-state index in [9.17, 15) is 9.90 Å². The third-order valence-electron chi connectivity index (χ3n) is 4.28. The Morgan fingerprint density at radius 2 is 2.00 bits per heavy atom. The number of hydrogen-bond acceptors (Lipinski definition) is 6. The van der Waals surface area contributed by atoms with E-state index in [4.69, 9.17) is 18.9 Å². The number of ether oxygens (including phenoxy) is 4. The Morgan fingerprint density at radius 1 is 1.26 bits per heavy atom. The molecule has 0 radical (unpaired) electrons.